The largest absolute Gasteiger partial charge is 0.384 e. The second-order valence-electron chi connectivity index (χ2n) is 5.05. The first-order chi connectivity index (χ1) is 9.26. The van der Waals surface area contributed by atoms with E-state index in [1.54, 1.807) is 7.11 Å². The third kappa shape index (κ3) is 3.31. The van der Waals surface area contributed by atoms with E-state index in [4.69, 9.17) is 4.74 Å². The molecule has 2 atom stereocenters. The molecule has 1 N–H and O–H groups in total. The lowest BCUT2D eigenvalue weighted by molar-refractivity contribution is 0.150. The average molecular weight is 258 g/mol. The molecule has 2 aromatic rings. The van der Waals surface area contributed by atoms with Crippen LogP contribution >= 0.6 is 0 Å². The molecule has 0 aliphatic heterocycles. The van der Waals surface area contributed by atoms with Gasteiger partial charge >= 0.3 is 0 Å². The summed E-state index contributed by atoms with van der Waals surface area (Å²) >= 11 is 0. The van der Waals surface area contributed by atoms with Gasteiger partial charge in [-0.15, -0.1) is 0 Å². The molecule has 0 bridgehead atoms. The van der Waals surface area contributed by atoms with Crippen molar-refractivity contribution in [2.24, 2.45) is 5.92 Å². The highest BCUT2D eigenvalue weighted by Crippen LogP contribution is 2.27. The summed E-state index contributed by atoms with van der Waals surface area (Å²) in [6.45, 7) is 3.01. The molecular weight excluding hydrogens is 236 g/mol. The SMILES string of the molecule is CNC(CC(C)COC)c1cccc2ncccc12. The van der Waals surface area contributed by atoms with Gasteiger partial charge in [-0.3, -0.25) is 4.98 Å². The maximum Gasteiger partial charge on any atom is 0.0705 e. The number of rotatable bonds is 6. The van der Waals surface area contributed by atoms with Crippen LogP contribution in [0.2, 0.25) is 0 Å². The minimum absolute atomic E-state index is 0.332. The molecule has 0 spiro atoms. The number of hydrogen-bond donors (Lipinski definition) is 1. The van der Waals surface area contributed by atoms with Crippen LogP contribution < -0.4 is 5.32 Å². The molecule has 2 rings (SSSR count). The predicted molar refractivity (Wildman–Crippen MR) is 79.2 cm³/mol. The zero-order chi connectivity index (χ0) is 13.7. The molecule has 0 saturated carbocycles. The van der Waals surface area contributed by atoms with E-state index in [-0.39, 0.29) is 0 Å². The number of ether oxygens (including phenoxy) is 1. The summed E-state index contributed by atoms with van der Waals surface area (Å²) in [5.41, 5.74) is 2.37. The summed E-state index contributed by atoms with van der Waals surface area (Å²) in [6, 6.07) is 10.8. The molecule has 1 aromatic carbocycles. The van der Waals surface area contributed by atoms with Gasteiger partial charge in [0.25, 0.3) is 0 Å². The number of nitrogens with zero attached hydrogens (tertiary/aromatic N) is 1. The summed E-state index contributed by atoms with van der Waals surface area (Å²) in [7, 11) is 3.77. The Kier molecular flexibility index (Phi) is 4.88. The van der Waals surface area contributed by atoms with E-state index >= 15 is 0 Å². The summed E-state index contributed by atoms with van der Waals surface area (Å²) in [5.74, 6) is 0.523. The zero-order valence-electron chi connectivity index (χ0n) is 11.9. The number of aromatic nitrogens is 1. The molecule has 0 amide bonds. The van der Waals surface area contributed by atoms with Crippen LogP contribution in [0.25, 0.3) is 10.9 Å². The molecule has 1 aromatic heterocycles. The van der Waals surface area contributed by atoms with E-state index in [0.717, 1.165) is 18.5 Å². The van der Waals surface area contributed by atoms with E-state index in [1.807, 2.05) is 19.3 Å². The van der Waals surface area contributed by atoms with E-state index in [0.29, 0.717) is 12.0 Å². The quantitative estimate of drug-likeness (QED) is 0.864. The first-order valence-electron chi connectivity index (χ1n) is 6.76. The van der Waals surface area contributed by atoms with Gasteiger partial charge in [-0.2, -0.15) is 0 Å². The van der Waals surface area contributed by atoms with Crippen molar-refractivity contribution in [1.82, 2.24) is 10.3 Å². The fraction of sp³-hybridized carbons (Fsp3) is 0.438. The van der Waals surface area contributed by atoms with Crippen molar-refractivity contribution >= 4 is 10.9 Å². The van der Waals surface area contributed by atoms with Crippen LogP contribution in [-0.2, 0) is 4.74 Å². The molecule has 3 heteroatoms. The fourth-order valence-electron chi connectivity index (χ4n) is 2.59. The Morgan fingerprint density at radius 1 is 1.26 bits per heavy atom. The van der Waals surface area contributed by atoms with E-state index < -0.39 is 0 Å². The Balaban J connectivity index is 2.30. The maximum absolute atomic E-state index is 5.23. The van der Waals surface area contributed by atoms with E-state index in [1.165, 1.54) is 10.9 Å². The normalized spacial score (nSPS) is 14.5. The lowest BCUT2D eigenvalue weighted by atomic mass is 9.93. The van der Waals surface area contributed by atoms with E-state index in [2.05, 4.69) is 41.5 Å². The van der Waals surface area contributed by atoms with Crippen molar-refractivity contribution in [3.05, 3.63) is 42.1 Å². The second kappa shape index (κ2) is 6.64. The Hall–Kier alpha value is -1.45. The Morgan fingerprint density at radius 2 is 2.11 bits per heavy atom. The van der Waals surface area contributed by atoms with Gasteiger partial charge in [-0.25, -0.2) is 0 Å². The topological polar surface area (TPSA) is 34.1 Å². The maximum atomic E-state index is 5.23. The van der Waals surface area contributed by atoms with Gasteiger partial charge < -0.3 is 10.1 Å². The second-order valence-corrected chi connectivity index (χ2v) is 5.05. The molecule has 2 unspecified atom stereocenters. The molecule has 0 fully saturated rings. The van der Waals surface area contributed by atoms with Gasteiger partial charge in [0.1, 0.15) is 0 Å². The van der Waals surface area contributed by atoms with Crippen LogP contribution in [0, 0.1) is 5.92 Å². The number of methoxy groups -OCH3 is 1. The van der Waals surface area contributed by atoms with Crippen LogP contribution in [0.15, 0.2) is 36.5 Å². The summed E-state index contributed by atoms with van der Waals surface area (Å²) in [6.07, 6.45) is 2.90. The first-order valence-corrected chi connectivity index (χ1v) is 6.76. The molecule has 0 aliphatic rings. The van der Waals surface area contributed by atoms with Crippen molar-refractivity contribution in [2.45, 2.75) is 19.4 Å². The van der Waals surface area contributed by atoms with Gasteiger partial charge in [0.05, 0.1) is 5.52 Å². The third-order valence-corrected chi connectivity index (χ3v) is 3.49. The van der Waals surface area contributed by atoms with Crippen molar-refractivity contribution in [3.8, 4) is 0 Å². The molecule has 0 saturated heterocycles. The van der Waals surface area contributed by atoms with Crippen LogP contribution in [0.5, 0.6) is 0 Å². The van der Waals surface area contributed by atoms with Crippen molar-refractivity contribution in [3.63, 3.8) is 0 Å². The Bertz CT molecular complexity index is 522. The van der Waals surface area contributed by atoms with Gasteiger partial charge in [0.2, 0.25) is 0 Å². The number of pyridine rings is 1. The molecule has 19 heavy (non-hydrogen) atoms. The summed E-state index contributed by atoms with van der Waals surface area (Å²) < 4.78 is 5.23. The van der Waals surface area contributed by atoms with Crippen molar-refractivity contribution < 1.29 is 4.74 Å². The van der Waals surface area contributed by atoms with Crippen molar-refractivity contribution in [2.75, 3.05) is 20.8 Å². The minimum Gasteiger partial charge on any atom is -0.384 e. The van der Waals surface area contributed by atoms with Crippen LogP contribution in [-0.4, -0.2) is 25.7 Å². The lowest BCUT2D eigenvalue weighted by Gasteiger charge is -2.22. The third-order valence-electron chi connectivity index (χ3n) is 3.49. The molecule has 0 aliphatic carbocycles. The Morgan fingerprint density at radius 3 is 2.84 bits per heavy atom. The van der Waals surface area contributed by atoms with E-state index in [9.17, 15) is 0 Å². The van der Waals surface area contributed by atoms with Gasteiger partial charge in [0, 0.05) is 31.3 Å². The number of hydrogen-bond acceptors (Lipinski definition) is 3. The van der Waals surface area contributed by atoms with Crippen LogP contribution in [0.1, 0.15) is 24.9 Å². The highest BCUT2D eigenvalue weighted by Gasteiger charge is 2.15. The monoisotopic (exact) mass is 258 g/mol. The zero-order valence-corrected chi connectivity index (χ0v) is 11.9. The number of fused-ring (bicyclic) bond motifs is 1. The van der Waals surface area contributed by atoms with Crippen molar-refractivity contribution in [1.29, 1.82) is 0 Å². The predicted octanol–water partition coefficient (Wildman–Crippen LogP) is 3.17. The van der Waals surface area contributed by atoms with Crippen LogP contribution in [0.3, 0.4) is 0 Å². The fourth-order valence-corrected chi connectivity index (χ4v) is 2.59. The number of benzene rings is 1. The molecular formula is C16H22N2O. The standard InChI is InChI=1S/C16H22N2O/c1-12(11-19-3)10-16(17-2)14-6-4-8-15-13(14)7-5-9-18-15/h4-9,12,16-17H,10-11H2,1-3H3. The number of nitrogens with one attached hydrogen (secondary N) is 1. The average Bonchev–Trinajstić information content (AvgIpc) is 2.44. The van der Waals surface area contributed by atoms with Gasteiger partial charge in [-0.05, 0) is 37.1 Å². The highest BCUT2D eigenvalue weighted by atomic mass is 16.5. The molecule has 102 valence electrons. The van der Waals surface area contributed by atoms with Gasteiger partial charge in [0.15, 0.2) is 0 Å². The molecule has 1 heterocycles. The highest BCUT2D eigenvalue weighted by molar-refractivity contribution is 5.82. The lowest BCUT2D eigenvalue weighted by Crippen LogP contribution is -2.21. The Labute approximate surface area is 115 Å². The smallest absolute Gasteiger partial charge is 0.0705 e. The minimum atomic E-state index is 0.332. The molecule has 0 radical (unpaired) electrons. The molecule has 3 nitrogen and oxygen atoms in total. The first kappa shape index (κ1) is 14.0. The van der Waals surface area contributed by atoms with Gasteiger partial charge in [-0.1, -0.05) is 25.1 Å². The summed E-state index contributed by atoms with van der Waals surface area (Å²) in [4.78, 5) is 4.42. The summed E-state index contributed by atoms with van der Waals surface area (Å²) in [5, 5.41) is 4.65. The van der Waals surface area contributed by atoms with Crippen LogP contribution in [0.4, 0.5) is 0 Å².